The van der Waals surface area contributed by atoms with Gasteiger partial charge < -0.3 is 10.6 Å². The molecule has 2 N–H and O–H groups in total. The summed E-state index contributed by atoms with van der Waals surface area (Å²) in [5.41, 5.74) is 5.87. The van der Waals surface area contributed by atoms with E-state index in [2.05, 4.69) is 15.1 Å². The zero-order valence-corrected chi connectivity index (χ0v) is 11.7. The van der Waals surface area contributed by atoms with Gasteiger partial charge in [0.15, 0.2) is 5.69 Å². The van der Waals surface area contributed by atoms with E-state index in [0.717, 1.165) is 32.2 Å². The highest BCUT2D eigenvalue weighted by molar-refractivity contribution is 5.92. The Kier molecular flexibility index (Phi) is 3.82. The first kappa shape index (κ1) is 13.3. The second-order valence-corrected chi connectivity index (χ2v) is 5.61. The highest BCUT2D eigenvalue weighted by Crippen LogP contribution is 2.24. The molecule has 0 bridgehead atoms. The first-order valence-corrected chi connectivity index (χ1v) is 7.36. The maximum atomic E-state index is 12.3. The molecule has 0 aromatic carbocycles. The Labute approximate surface area is 118 Å². The van der Waals surface area contributed by atoms with Crippen LogP contribution in [0.4, 0.5) is 5.82 Å². The molecular formula is C14H21N5O. The summed E-state index contributed by atoms with van der Waals surface area (Å²) in [6.45, 7) is 3.50. The van der Waals surface area contributed by atoms with Gasteiger partial charge in [0.1, 0.15) is 5.82 Å². The molecule has 2 fully saturated rings. The molecule has 1 aromatic heterocycles. The minimum atomic E-state index is -0.0384. The molecule has 1 amide bonds. The largest absolute Gasteiger partial charge is 0.382 e. The monoisotopic (exact) mass is 275 g/mol. The van der Waals surface area contributed by atoms with Crippen LogP contribution in [0.5, 0.6) is 0 Å². The number of aromatic nitrogens is 2. The third-order valence-corrected chi connectivity index (χ3v) is 4.35. The van der Waals surface area contributed by atoms with Gasteiger partial charge in [-0.15, -0.1) is 10.2 Å². The maximum absolute atomic E-state index is 12.3. The second kappa shape index (κ2) is 5.75. The Bertz CT molecular complexity index is 461. The summed E-state index contributed by atoms with van der Waals surface area (Å²) in [6.07, 6.45) is 5.34. The van der Waals surface area contributed by atoms with Gasteiger partial charge in [-0.3, -0.25) is 9.69 Å². The van der Waals surface area contributed by atoms with E-state index in [1.54, 1.807) is 12.1 Å². The molecule has 1 aliphatic carbocycles. The van der Waals surface area contributed by atoms with E-state index in [4.69, 9.17) is 5.73 Å². The van der Waals surface area contributed by atoms with Crippen LogP contribution in [0, 0.1) is 0 Å². The number of carbonyl (C=O) groups is 1. The highest BCUT2D eigenvalue weighted by Gasteiger charge is 2.28. The van der Waals surface area contributed by atoms with Crippen LogP contribution in [0.15, 0.2) is 12.1 Å². The SMILES string of the molecule is Nc1ccc(C(=O)N2CCN(C3CCCC3)CC2)nn1. The number of nitrogen functional groups attached to an aromatic ring is 1. The number of hydrogen-bond donors (Lipinski definition) is 1. The second-order valence-electron chi connectivity index (χ2n) is 5.61. The molecule has 20 heavy (non-hydrogen) atoms. The van der Waals surface area contributed by atoms with E-state index < -0.39 is 0 Å². The average Bonchev–Trinajstić information content (AvgIpc) is 3.02. The lowest BCUT2D eigenvalue weighted by Crippen LogP contribution is -2.51. The summed E-state index contributed by atoms with van der Waals surface area (Å²) in [7, 11) is 0. The molecule has 1 aliphatic heterocycles. The molecule has 2 heterocycles. The number of amides is 1. The van der Waals surface area contributed by atoms with Crippen molar-refractivity contribution in [3.05, 3.63) is 17.8 Å². The van der Waals surface area contributed by atoms with Crippen molar-refractivity contribution in [2.75, 3.05) is 31.9 Å². The van der Waals surface area contributed by atoms with E-state index >= 15 is 0 Å². The molecule has 1 saturated carbocycles. The topological polar surface area (TPSA) is 75.4 Å². The van der Waals surface area contributed by atoms with Crippen LogP contribution in [0.3, 0.4) is 0 Å². The van der Waals surface area contributed by atoms with Gasteiger partial charge in [0.2, 0.25) is 0 Å². The number of nitrogens with zero attached hydrogens (tertiary/aromatic N) is 4. The fourth-order valence-corrected chi connectivity index (χ4v) is 3.18. The lowest BCUT2D eigenvalue weighted by Gasteiger charge is -2.37. The molecule has 0 unspecified atom stereocenters. The van der Waals surface area contributed by atoms with E-state index in [-0.39, 0.29) is 5.91 Å². The standard InChI is InChI=1S/C14H21N5O/c15-13-6-5-12(16-17-13)14(20)19-9-7-18(8-10-19)11-3-1-2-4-11/h5-6,11H,1-4,7-10H2,(H2,15,17). The predicted octanol–water partition coefficient (Wildman–Crippen LogP) is 0.759. The molecule has 3 rings (SSSR count). The fourth-order valence-electron chi connectivity index (χ4n) is 3.18. The van der Waals surface area contributed by atoms with Gasteiger partial charge >= 0.3 is 0 Å². The van der Waals surface area contributed by atoms with Gasteiger partial charge in [-0.05, 0) is 25.0 Å². The van der Waals surface area contributed by atoms with E-state index in [1.165, 1.54) is 25.7 Å². The van der Waals surface area contributed by atoms with E-state index in [0.29, 0.717) is 11.5 Å². The molecule has 0 radical (unpaired) electrons. The molecule has 6 nitrogen and oxygen atoms in total. The molecule has 0 atom stereocenters. The summed E-state index contributed by atoms with van der Waals surface area (Å²) in [5, 5.41) is 7.61. The number of rotatable bonds is 2. The molecule has 1 aromatic rings. The minimum Gasteiger partial charge on any atom is -0.382 e. The Hall–Kier alpha value is -1.69. The molecular weight excluding hydrogens is 254 g/mol. The van der Waals surface area contributed by atoms with Crippen LogP contribution in [0.2, 0.25) is 0 Å². The van der Waals surface area contributed by atoms with Crippen molar-refractivity contribution >= 4 is 11.7 Å². The number of nitrogens with two attached hydrogens (primary N) is 1. The lowest BCUT2D eigenvalue weighted by molar-refractivity contribution is 0.0567. The Morgan fingerprint density at radius 1 is 1.10 bits per heavy atom. The average molecular weight is 275 g/mol. The first-order chi connectivity index (χ1) is 9.74. The normalized spacial score (nSPS) is 21.3. The van der Waals surface area contributed by atoms with Gasteiger partial charge in [-0.2, -0.15) is 0 Å². The van der Waals surface area contributed by atoms with Crippen molar-refractivity contribution in [1.82, 2.24) is 20.0 Å². The summed E-state index contributed by atoms with van der Waals surface area (Å²) in [6, 6.07) is 4.01. The maximum Gasteiger partial charge on any atom is 0.274 e. The Morgan fingerprint density at radius 3 is 2.40 bits per heavy atom. The van der Waals surface area contributed by atoms with Gasteiger partial charge in [0.25, 0.3) is 5.91 Å². The van der Waals surface area contributed by atoms with Crippen molar-refractivity contribution in [3.8, 4) is 0 Å². The molecule has 0 spiro atoms. The number of anilines is 1. The van der Waals surface area contributed by atoms with Gasteiger partial charge in [0.05, 0.1) is 0 Å². The lowest BCUT2D eigenvalue weighted by atomic mass is 10.1. The van der Waals surface area contributed by atoms with Crippen molar-refractivity contribution in [2.24, 2.45) is 0 Å². The van der Waals surface area contributed by atoms with Gasteiger partial charge in [-0.25, -0.2) is 0 Å². The summed E-state index contributed by atoms with van der Waals surface area (Å²) < 4.78 is 0. The third-order valence-electron chi connectivity index (χ3n) is 4.35. The predicted molar refractivity (Wildman–Crippen MR) is 76.2 cm³/mol. The summed E-state index contributed by atoms with van der Waals surface area (Å²) in [4.78, 5) is 16.7. The van der Waals surface area contributed by atoms with Crippen molar-refractivity contribution < 1.29 is 4.79 Å². The molecule has 108 valence electrons. The summed E-state index contributed by atoms with van der Waals surface area (Å²) >= 11 is 0. The fraction of sp³-hybridized carbons (Fsp3) is 0.643. The van der Waals surface area contributed by atoms with Crippen molar-refractivity contribution in [3.63, 3.8) is 0 Å². The summed E-state index contributed by atoms with van der Waals surface area (Å²) in [5.74, 6) is 0.302. The van der Waals surface area contributed by atoms with Crippen LogP contribution in [0.25, 0.3) is 0 Å². The minimum absolute atomic E-state index is 0.0384. The molecule has 6 heteroatoms. The van der Waals surface area contributed by atoms with Crippen molar-refractivity contribution in [1.29, 1.82) is 0 Å². The Balaban J connectivity index is 1.57. The first-order valence-electron chi connectivity index (χ1n) is 7.36. The van der Waals surface area contributed by atoms with Crippen LogP contribution in [-0.2, 0) is 0 Å². The Morgan fingerprint density at radius 2 is 1.80 bits per heavy atom. The number of piperazine rings is 1. The van der Waals surface area contributed by atoms with Crippen LogP contribution in [-0.4, -0.2) is 58.1 Å². The van der Waals surface area contributed by atoms with Crippen molar-refractivity contribution in [2.45, 2.75) is 31.7 Å². The van der Waals surface area contributed by atoms with E-state index in [9.17, 15) is 4.79 Å². The van der Waals surface area contributed by atoms with Gasteiger partial charge in [-0.1, -0.05) is 12.8 Å². The van der Waals surface area contributed by atoms with Crippen LogP contribution in [0.1, 0.15) is 36.2 Å². The molecule has 2 aliphatic rings. The zero-order valence-electron chi connectivity index (χ0n) is 11.7. The molecule has 1 saturated heterocycles. The zero-order chi connectivity index (χ0) is 13.9. The van der Waals surface area contributed by atoms with Crippen LogP contribution < -0.4 is 5.73 Å². The van der Waals surface area contributed by atoms with Crippen LogP contribution >= 0.6 is 0 Å². The quantitative estimate of drug-likeness (QED) is 0.862. The van der Waals surface area contributed by atoms with Gasteiger partial charge in [0, 0.05) is 32.2 Å². The highest BCUT2D eigenvalue weighted by atomic mass is 16.2. The number of carbonyl (C=O) groups excluding carboxylic acids is 1. The third kappa shape index (κ3) is 2.75. The van der Waals surface area contributed by atoms with E-state index in [1.807, 2.05) is 4.90 Å². The smallest absolute Gasteiger partial charge is 0.274 e. The number of hydrogen-bond acceptors (Lipinski definition) is 5.